The number of piperidine rings is 1. The first-order chi connectivity index (χ1) is 12.1. The highest BCUT2D eigenvalue weighted by Gasteiger charge is 2.29. The molecule has 0 spiro atoms. The summed E-state index contributed by atoms with van der Waals surface area (Å²) >= 11 is 1.58. The molecule has 0 atom stereocenters. The van der Waals surface area contributed by atoms with Crippen molar-refractivity contribution in [2.24, 2.45) is 5.92 Å². The quantitative estimate of drug-likeness (QED) is 0.778. The van der Waals surface area contributed by atoms with E-state index in [9.17, 15) is 9.59 Å². The summed E-state index contributed by atoms with van der Waals surface area (Å²) in [6.45, 7) is 5.12. The molecule has 25 heavy (non-hydrogen) atoms. The lowest BCUT2D eigenvalue weighted by atomic mass is 9.95. The maximum absolute atomic E-state index is 12.7. The largest absolute Gasteiger partial charge is 0.342 e. The van der Waals surface area contributed by atoms with Crippen LogP contribution in [0.15, 0.2) is 11.5 Å². The van der Waals surface area contributed by atoms with Crippen LogP contribution in [0.4, 0.5) is 0 Å². The van der Waals surface area contributed by atoms with Crippen molar-refractivity contribution in [3.05, 3.63) is 22.2 Å². The van der Waals surface area contributed by atoms with Crippen molar-refractivity contribution in [2.75, 3.05) is 26.2 Å². The van der Waals surface area contributed by atoms with E-state index in [1.54, 1.807) is 23.5 Å². The van der Waals surface area contributed by atoms with Crippen molar-refractivity contribution < 1.29 is 9.59 Å². The minimum atomic E-state index is 0.0197. The fourth-order valence-electron chi connectivity index (χ4n) is 3.61. The molecule has 2 aliphatic rings. The standard InChI is InChI=1S/C19H27N3O2S/c1-15-20-17(14-25-15)6-7-18(23)21-12-8-16(9-13-21)19(24)22-10-4-2-3-5-11-22/h6-7,14,16H,2-5,8-13H2,1H3/b7-6+. The highest BCUT2D eigenvalue weighted by molar-refractivity contribution is 7.09. The number of likely N-dealkylation sites (tertiary alicyclic amines) is 2. The van der Waals surface area contributed by atoms with Gasteiger partial charge in [0.1, 0.15) is 0 Å². The lowest BCUT2D eigenvalue weighted by Crippen LogP contribution is -2.44. The van der Waals surface area contributed by atoms with Crippen LogP contribution in [0.5, 0.6) is 0 Å². The summed E-state index contributed by atoms with van der Waals surface area (Å²) in [6, 6.07) is 0. The van der Waals surface area contributed by atoms with Crippen molar-refractivity contribution in [3.8, 4) is 0 Å². The molecule has 3 rings (SSSR count). The van der Waals surface area contributed by atoms with Crippen LogP contribution in [0.2, 0.25) is 0 Å². The van der Waals surface area contributed by atoms with E-state index in [1.807, 2.05) is 17.2 Å². The van der Waals surface area contributed by atoms with Gasteiger partial charge in [0.15, 0.2) is 0 Å². The monoisotopic (exact) mass is 361 g/mol. The van der Waals surface area contributed by atoms with E-state index in [0.717, 1.165) is 49.5 Å². The fraction of sp³-hybridized carbons (Fsp3) is 0.632. The van der Waals surface area contributed by atoms with E-state index < -0.39 is 0 Å². The van der Waals surface area contributed by atoms with Gasteiger partial charge in [-0.1, -0.05) is 12.8 Å². The van der Waals surface area contributed by atoms with E-state index in [2.05, 4.69) is 9.88 Å². The Morgan fingerprint density at radius 1 is 1.08 bits per heavy atom. The molecule has 0 unspecified atom stereocenters. The number of aryl methyl sites for hydroxylation is 1. The predicted molar refractivity (Wildman–Crippen MR) is 100 cm³/mol. The van der Waals surface area contributed by atoms with Crippen LogP contribution >= 0.6 is 11.3 Å². The molecule has 0 saturated carbocycles. The number of carbonyl (C=O) groups is 2. The molecule has 6 heteroatoms. The minimum absolute atomic E-state index is 0.0197. The smallest absolute Gasteiger partial charge is 0.246 e. The van der Waals surface area contributed by atoms with Crippen molar-refractivity contribution in [3.63, 3.8) is 0 Å². The molecule has 5 nitrogen and oxygen atoms in total. The van der Waals surface area contributed by atoms with Gasteiger partial charge in [0.25, 0.3) is 0 Å². The highest BCUT2D eigenvalue weighted by atomic mass is 32.1. The fourth-order valence-corrected chi connectivity index (χ4v) is 4.20. The summed E-state index contributed by atoms with van der Waals surface area (Å²) < 4.78 is 0. The van der Waals surface area contributed by atoms with Crippen LogP contribution in [0.25, 0.3) is 6.08 Å². The molecule has 0 N–H and O–H groups in total. The third-order valence-corrected chi connectivity index (χ3v) is 5.90. The van der Waals surface area contributed by atoms with Crippen molar-refractivity contribution in [2.45, 2.75) is 45.4 Å². The van der Waals surface area contributed by atoms with E-state index in [-0.39, 0.29) is 11.8 Å². The van der Waals surface area contributed by atoms with Crippen LogP contribution in [0.3, 0.4) is 0 Å². The van der Waals surface area contributed by atoms with Crippen LogP contribution in [0.1, 0.15) is 49.2 Å². The van der Waals surface area contributed by atoms with E-state index in [0.29, 0.717) is 19.0 Å². The Kier molecular flexibility index (Phi) is 6.24. The highest BCUT2D eigenvalue weighted by Crippen LogP contribution is 2.22. The summed E-state index contributed by atoms with van der Waals surface area (Å²) in [6.07, 6.45) is 9.68. The number of rotatable bonds is 3. The maximum atomic E-state index is 12.7. The maximum Gasteiger partial charge on any atom is 0.246 e. The zero-order valence-electron chi connectivity index (χ0n) is 14.9. The zero-order valence-corrected chi connectivity index (χ0v) is 15.8. The number of amides is 2. The summed E-state index contributed by atoms with van der Waals surface area (Å²) in [7, 11) is 0. The average Bonchev–Trinajstić information content (AvgIpc) is 2.87. The van der Waals surface area contributed by atoms with Crippen molar-refractivity contribution in [1.82, 2.24) is 14.8 Å². The van der Waals surface area contributed by atoms with Crippen molar-refractivity contribution >= 4 is 29.2 Å². The number of hydrogen-bond acceptors (Lipinski definition) is 4. The molecule has 136 valence electrons. The number of nitrogens with zero attached hydrogens (tertiary/aromatic N) is 3. The summed E-state index contributed by atoms with van der Waals surface area (Å²) in [5.41, 5.74) is 0.835. The van der Waals surface area contributed by atoms with Crippen LogP contribution in [-0.4, -0.2) is 52.8 Å². The number of carbonyl (C=O) groups excluding carboxylic acids is 2. The summed E-state index contributed by atoms with van der Waals surface area (Å²) in [5.74, 6) is 0.418. The number of hydrogen-bond donors (Lipinski definition) is 0. The molecule has 2 saturated heterocycles. The Balaban J connectivity index is 1.48. The first-order valence-electron chi connectivity index (χ1n) is 9.31. The predicted octanol–water partition coefficient (Wildman–Crippen LogP) is 3.11. The summed E-state index contributed by atoms with van der Waals surface area (Å²) in [4.78, 5) is 33.3. The molecular weight excluding hydrogens is 334 g/mol. The van der Waals surface area contributed by atoms with Gasteiger partial charge in [-0.15, -0.1) is 11.3 Å². The second-order valence-electron chi connectivity index (χ2n) is 6.96. The van der Waals surface area contributed by atoms with Crippen LogP contribution in [0, 0.1) is 12.8 Å². The van der Waals surface area contributed by atoms with Crippen molar-refractivity contribution in [1.29, 1.82) is 0 Å². The van der Waals surface area contributed by atoms with Gasteiger partial charge in [0.05, 0.1) is 10.7 Å². The lowest BCUT2D eigenvalue weighted by molar-refractivity contribution is -0.139. The average molecular weight is 362 g/mol. The Morgan fingerprint density at radius 3 is 2.36 bits per heavy atom. The first kappa shape index (κ1) is 18.1. The second kappa shape index (κ2) is 8.61. The molecule has 3 heterocycles. The lowest BCUT2D eigenvalue weighted by Gasteiger charge is -2.33. The molecule has 1 aromatic heterocycles. The van der Waals surface area contributed by atoms with Gasteiger partial charge in [0, 0.05) is 43.6 Å². The third kappa shape index (κ3) is 4.91. The van der Waals surface area contributed by atoms with E-state index in [1.165, 1.54) is 12.8 Å². The molecule has 2 aliphatic heterocycles. The molecule has 0 radical (unpaired) electrons. The minimum Gasteiger partial charge on any atom is -0.342 e. The SMILES string of the molecule is Cc1nc(/C=C/C(=O)N2CCC(C(=O)N3CCCCCC3)CC2)cs1. The van der Waals surface area contributed by atoms with Gasteiger partial charge in [-0.05, 0) is 38.7 Å². The van der Waals surface area contributed by atoms with Gasteiger partial charge in [-0.2, -0.15) is 0 Å². The molecule has 2 amide bonds. The van der Waals surface area contributed by atoms with Crippen LogP contribution in [-0.2, 0) is 9.59 Å². The first-order valence-corrected chi connectivity index (χ1v) is 10.2. The summed E-state index contributed by atoms with van der Waals surface area (Å²) in [5, 5.41) is 2.95. The molecule has 1 aromatic rings. The van der Waals surface area contributed by atoms with E-state index >= 15 is 0 Å². The molecule has 2 fully saturated rings. The molecule has 0 aliphatic carbocycles. The van der Waals surface area contributed by atoms with Gasteiger partial charge < -0.3 is 9.80 Å². The topological polar surface area (TPSA) is 53.5 Å². The second-order valence-corrected chi connectivity index (χ2v) is 8.03. The van der Waals surface area contributed by atoms with Crippen LogP contribution < -0.4 is 0 Å². The molecule has 0 bridgehead atoms. The zero-order chi connectivity index (χ0) is 17.6. The normalized spacial score (nSPS) is 20.0. The van der Waals surface area contributed by atoms with Gasteiger partial charge in [0.2, 0.25) is 11.8 Å². The van der Waals surface area contributed by atoms with Gasteiger partial charge >= 0.3 is 0 Å². The van der Waals surface area contributed by atoms with Gasteiger partial charge in [-0.3, -0.25) is 9.59 Å². The Bertz CT molecular complexity index is 624. The van der Waals surface area contributed by atoms with E-state index in [4.69, 9.17) is 0 Å². The van der Waals surface area contributed by atoms with Gasteiger partial charge in [-0.25, -0.2) is 4.98 Å². The Hall–Kier alpha value is -1.69. The molecular formula is C19H27N3O2S. The number of thiazole rings is 1. The Morgan fingerprint density at radius 2 is 1.76 bits per heavy atom. The number of aromatic nitrogens is 1. The Labute approximate surface area is 153 Å². The third-order valence-electron chi connectivity index (χ3n) is 5.11. The molecule has 0 aromatic carbocycles.